The first-order chi connectivity index (χ1) is 22.5. The minimum atomic E-state index is -0.833. The van der Waals surface area contributed by atoms with E-state index in [0.29, 0.717) is 0 Å². The SMILES string of the molecule is C.CC(=O)N(C)C(C)=O.CC(=O)O.CN=C(C)NC.CN=C(C)OC.CN=C(C)SC.CNC(=O)OC.CNC(C)=O.Cc1nnc(C)n1C. The number of rotatable bonds is 0. The van der Waals surface area contributed by atoms with Gasteiger partial charge in [0, 0.05) is 91.0 Å². The molecule has 50 heavy (non-hydrogen) atoms. The normalized spacial score (nSPS) is 9.16. The van der Waals surface area contributed by atoms with Crippen LogP contribution >= 0.6 is 11.8 Å². The van der Waals surface area contributed by atoms with Gasteiger partial charge in [0.05, 0.1) is 25.1 Å². The van der Waals surface area contributed by atoms with Crippen LogP contribution in [0.15, 0.2) is 15.0 Å². The summed E-state index contributed by atoms with van der Waals surface area (Å²) in [5.74, 6) is 2.33. The van der Waals surface area contributed by atoms with Crippen molar-refractivity contribution in [2.75, 3.05) is 69.8 Å². The highest BCUT2D eigenvalue weighted by atomic mass is 32.2. The molecule has 0 fully saturated rings. The molecule has 0 atom stereocenters. The molecule has 0 aliphatic carbocycles. The number of alkyl carbamates (subject to hydrolysis) is 1. The summed E-state index contributed by atoms with van der Waals surface area (Å²) in [7, 11) is 16.5. The number of carbonyl (C=O) groups excluding carboxylic acids is 4. The number of hydrogen-bond donors (Lipinski definition) is 4. The predicted octanol–water partition coefficient (Wildman–Crippen LogP) is 3.23. The largest absolute Gasteiger partial charge is 0.485 e. The Labute approximate surface area is 305 Å². The van der Waals surface area contributed by atoms with Gasteiger partial charge < -0.3 is 35.1 Å². The van der Waals surface area contributed by atoms with Crippen molar-refractivity contribution in [3.8, 4) is 0 Å². The lowest BCUT2D eigenvalue weighted by Gasteiger charge is -2.07. The van der Waals surface area contributed by atoms with Crippen molar-refractivity contribution in [2.45, 2.75) is 69.7 Å². The second-order valence-corrected chi connectivity index (χ2v) is 9.47. The Morgan fingerprint density at radius 3 is 1.14 bits per heavy atom. The molecule has 1 rings (SSSR count). The molecule has 0 aliphatic rings. The monoisotopic (exact) mass is 740 g/mol. The molecule has 0 spiro atoms. The molecule has 1 aromatic heterocycles. The van der Waals surface area contributed by atoms with Crippen molar-refractivity contribution in [1.29, 1.82) is 0 Å². The molecule has 19 heteroatoms. The van der Waals surface area contributed by atoms with Gasteiger partial charge in [-0.25, -0.2) is 4.79 Å². The van der Waals surface area contributed by atoms with Gasteiger partial charge in [0.2, 0.25) is 17.7 Å². The van der Waals surface area contributed by atoms with Gasteiger partial charge in [0.15, 0.2) is 5.90 Å². The van der Waals surface area contributed by atoms with Crippen LogP contribution in [-0.4, -0.2) is 141 Å². The van der Waals surface area contributed by atoms with E-state index in [4.69, 9.17) is 9.90 Å². The maximum Gasteiger partial charge on any atom is 0.406 e. The molecule has 0 radical (unpaired) electrons. The Morgan fingerprint density at radius 1 is 0.760 bits per heavy atom. The molecule has 1 heterocycles. The number of amidine groups is 1. The van der Waals surface area contributed by atoms with E-state index in [1.54, 1.807) is 54.0 Å². The van der Waals surface area contributed by atoms with Crippen LogP contribution in [0.4, 0.5) is 4.79 Å². The zero-order valence-corrected chi connectivity index (χ0v) is 34.2. The molecule has 1 aromatic rings. The highest BCUT2D eigenvalue weighted by Crippen LogP contribution is 1.93. The Kier molecular flexibility index (Phi) is 59.6. The molecule has 18 nitrogen and oxygen atoms in total. The number of aryl methyl sites for hydroxylation is 2. The fraction of sp³-hybridized carbons (Fsp3) is 0.677. The van der Waals surface area contributed by atoms with Gasteiger partial charge in [0.25, 0.3) is 5.97 Å². The second kappa shape index (κ2) is 46.6. The number of methoxy groups -OCH3 is 2. The molecule has 0 saturated heterocycles. The second-order valence-electron chi connectivity index (χ2n) is 8.47. The summed E-state index contributed by atoms with van der Waals surface area (Å²) in [6, 6.07) is 0. The number of carbonyl (C=O) groups is 5. The van der Waals surface area contributed by atoms with Gasteiger partial charge in [-0.15, -0.1) is 22.0 Å². The van der Waals surface area contributed by atoms with Crippen LogP contribution in [-0.2, 0) is 35.7 Å². The van der Waals surface area contributed by atoms with Crippen LogP contribution < -0.4 is 16.0 Å². The molecule has 0 aromatic carbocycles. The average molecular weight is 741 g/mol. The predicted molar refractivity (Wildman–Crippen MR) is 208 cm³/mol. The fourth-order valence-corrected chi connectivity index (χ4v) is 1.31. The molecular formula is C31H68N10O8S. The number of nitrogens with zero attached hydrogens (tertiary/aromatic N) is 7. The van der Waals surface area contributed by atoms with E-state index in [-0.39, 0.29) is 25.1 Å². The number of thioether (sulfide) groups is 1. The Bertz CT molecular complexity index is 1020. The summed E-state index contributed by atoms with van der Waals surface area (Å²) >= 11 is 1.67. The highest BCUT2D eigenvalue weighted by molar-refractivity contribution is 8.13. The minimum Gasteiger partial charge on any atom is -0.485 e. The zero-order chi connectivity index (χ0) is 40.7. The molecule has 0 bridgehead atoms. The first kappa shape index (κ1) is 64.0. The Balaban J connectivity index is -0.0000000676. The van der Waals surface area contributed by atoms with Crippen molar-refractivity contribution in [2.24, 2.45) is 22.0 Å². The number of amides is 4. The van der Waals surface area contributed by atoms with Gasteiger partial charge in [-0.3, -0.25) is 39.1 Å². The number of ether oxygens (including phenoxy) is 2. The van der Waals surface area contributed by atoms with Crippen molar-refractivity contribution >= 4 is 58.3 Å². The molecule has 4 amide bonds. The van der Waals surface area contributed by atoms with E-state index in [9.17, 15) is 19.2 Å². The van der Waals surface area contributed by atoms with Gasteiger partial charge in [-0.05, 0) is 34.0 Å². The minimum absolute atomic E-state index is 0. The van der Waals surface area contributed by atoms with E-state index in [0.717, 1.165) is 40.2 Å². The molecule has 296 valence electrons. The van der Waals surface area contributed by atoms with Crippen molar-refractivity contribution in [1.82, 2.24) is 35.6 Å². The smallest absolute Gasteiger partial charge is 0.406 e. The number of nitrogens with one attached hydrogen (secondary N) is 3. The number of aromatic nitrogens is 3. The summed E-state index contributed by atoms with van der Waals surface area (Å²) in [5, 5.41) is 23.7. The maximum absolute atomic E-state index is 10.3. The molecular weight excluding hydrogens is 672 g/mol. The topological polar surface area (TPSA) is 231 Å². The van der Waals surface area contributed by atoms with E-state index in [2.05, 4.69) is 50.6 Å². The highest BCUT2D eigenvalue weighted by Gasteiger charge is 2.04. The standard InChI is InChI=1S/C5H9N3.C5H9NO2.C4H10N2.C4H9NO.C4H9NS.C3H7NO2.C3H7NO.C2H4O2.CH4/c1-4-6-7-5(2)8(4)3;1-4(7)6(3)5(2)8;3*1-4(5-2)6-3;1-4-3(5)6-2;1-3(5)4-2;1-2(3)4;/h2*1-3H3;1-3H3,(H,5,6);2*1-3H3;1-2H3,(H,4,5);1-2H3,(H,4,5);1H3,(H,3,4);1H4. The van der Waals surface area contributed by atoms with Crippen LogP contribution in [0, 0.1) is 13.8 Å². The first-order valence-electron chi connectivity index (χ1n) is 14.3. The zero-order valence-electron chi connectivity index (χ0n) is 33.3. The lowest BCUT2D eigenvalue weighted by Crippen LogP contribution is -2.28. The number of hydrogen-bond acceptors (Lipinski definition) is 13. The van der Waals surface area contributed by atoms with Gasteiger partial charge in [-0.1, -0.05) is 7.43 Å². The molecule has 0 unspecified atom stereocenters. The van der Waals surface area contributed by atoms with E-state index in [1.165, 1.54) is 42.0 Å². The van der Waals surface area contributed by atoms with Crippen molar-refractivity contribution in [3.63, 3.8) is 0 Å². The summed E-state index contributed by atoms with van der Waals surface area (Å²) in [4.78, 5) is 61.6. The van der Waals surface area contributed by atoms with E-state index < -0.39 is 12.1 Å². The van der Waals surface area contributed by atoms with Gasteiger partial charge >= 0.3 is 6.09 Å². The van der Waals surface area contributed by atoms with Crippen LogP contribution in [0.25, 0.3) is 0 Å². The van der Waals surface area contributed by atoms with Crippen LogP contribution in [0.2, 0.25) is 0 Å². The Morgan fingerprint density at radius 2 is 1.12 bits per heavy atom. The third kappa shape index (κ3) is 66.0. The fourth-order valence-electron chi connectivity index (χ4n) is 1.13. The Hall–Kier alpha value is -4.55. The summed E-state index contributed by atoms with van der Waals surface area (Å²) in [6.07, 6.45) is 1.61. The quantitative estimate of drug-likeness (QED) is 0.222. The summed E-state index contributed by atoms with van der Waals surface area (Å²) in [6.45, 7) is 14.8. The van der Waals surface area contributed by atoms with Crippen LogP contribution in [0.5, 0.6) is 0 Å². The molecule has 0 saturated carbocycles. The van der Waals surface area contributed by atoms with Crippen LogP contribution in [0.1, 0.15) is 67.5 Å². The number of carboxylic acid groups (broad SMARTS) is 1. The third-order valence-corrected chi connectivity index (χ3v) is 5.69. The maximum atomic E-state index is 10.3. The van der Waals surface area contributed by atoms with Gasteiger partial charge in [-0.2, -0.15) is 0 Å². The molecule has 4 N–H and O–H groups in total. The van der Waals surface area contributed by atoms with E-state index in [1.807, 2.05) is 52.6 Å². The summed E-state index contributed by atoms with van der Waals surface area (Å²) in [5.41, 5.74) is 0. The number of aliphatic carboxylic acids is 1. The molecule has 0 aliphatic heterocycles. The van der Waals surface area contributed by atoms with Crippen molar-refractivity contribution in [3.05, 3.63) is 11.6 Å². The first-order valence-corrected chi connectivity index (χ1v) is 15.5. The summed E-state index contributed by atoms with van der Waals surface area (Å²) < 4.78 is 10.7. The average Bonchev–Trinajstić information content (AvgIpc) is 3.37. The third-order valence-electron chi connectivity index (χ3n) is 4.91. The lowest BCUT2D eigenvalue weighted by atomic mass is 10.5. The number of imide groups is 1. The van der Waals surface area contributed by atoms with Crippen molar-refractivity contribution < 1.29 is 38.6 Å². The lowest BCUT2D eigenvalue weighted by molar-refractivity contribution is -0.140. The number of aliphatic imine (C=N–C) groups is 3. The van der Waals surface area contributed by atoms with Crippen LogP contribution in [0.3, 0.4) is 0 Å². The number of carboxylic acids is 1. The van der Waals surface area contributed by atoms with Gasteiger partial charge in [0.1, 0.15) is 11.6 Å². The van der Waals surface area contributed by atoms with E-state index >= 15 is 0 Å².